The first kappa shape index (κ1) is 16.3. The van der Waals surface area contributed by atoms with Gasteiger partial charge in [0, 0.05) is 16.6 Å². The lowest BCUT2D eigenvalue weighted by molar-refractivity contribution is 0.594. The number of halogens is 2. The number of hydrogen-bond acceptors (Lipinski definition) is 3. The van der Waals surface area contributed by atoms with E-state index in [0.717, 1.165) is 5.56 Å². The van der Waals surface area contributed by atoms with Crippen LogP contribution in [0.1, 0.15) is 16.7 Å². The minimum absolute atomic E-state index is 0.109. The number of sulfone groups is 1. The smallest absolute Gasteiger partial charge is 0.158 e. The molecule has 21 heavy (non-hydrogen) atoms. The van der Waals surface area contributed by atoms with Crippen molar-refractivity contribution in [3.05, 3.63) is 69.2 Å². The van der Waals surface area contributed by atoms with E-state index < -0.39 is 9.84 Å². The molecule has 6 heteroatoms. The molecular weight excluding hydrogens is 329 g/mol. The molecule has 0 heterocycles. The molecule has 2 aromatic carbocycles. The van der Waals surface area contributed by atoms with Crippen molar-refractivity contribution in [2.75, 3.05) is 0 Å². The molecule has 0 radical (unpaired) electrons. The van der Waals surface area contributed by atoms with Gasteiger partial charge in [0.2, 0.25) is 0 Å². The highest BCUT2D eigenvalue weighted by molar-refractivity contribution is 7.89. The largest absolute Gasteiger partial charge is 0.326 e. The van der Waals surface area contributed by atoms with E-state index in [1.54, 1.807) is 42.5 Å². The fraction of sp³-hybridized carbons (Fsp3) is 0.200. The number of rotatable bonds is 5. The summed E-state index contributed by atoms with van der Waals surface area (Å²) in [4.78, 5) is 0. The molecule has 0 unspecified atom stereocenters. The average molecular weight is 344 g/mol. The summed E-state index contributed by atoms with van der Waals surface area (Å²) in [5.74, 6) is -0.233. The van der Waals surface area contributed by atoms with Crippen LogP contribution >= 0.6 is 23.2 Å². The summed E-state index contributed by atoms with van der Waals surface area (Å²) in [5.41, 5.74) is 7.55. The van der Waals surface area contributed by atoms with Crippen LogP contribution in [0.5, 0.6) is 0 Å². The Morgan fingerprint density at radius 1 is 0.905 bits per heavy atom. The molecule has 0 fully saturated rings. The molecule has 0 aromatic heterocycles. The summed E-state index contributed by atoms with van der Waals surface area (Å²) >= 11 is 12.1. The van der Waals surface area contributed by atoms with Crippen LogP contribution in [0.25, 0.3) is 0 Å². The first-order chi connectivity index (χ1) is 9.91. The van der Waals surface area contributed by atoms with Crippen LogP contribution < -0.4 is 5.73 Å². The van der Waals surface area contributed by atoms with E-state index in [9.17, 15) is 8.42 Å². The third kappa shape index (κ3) is 4.45. The zero-order valence-corrected chi connectivity index (χ0v) is 13.5. The molecule has 0 saturated heterocycles. The highest BCUT2D eigenvalue weighted by Crippen LogP contribution is 2.23. The van der Waals surface area contributed by atoms with Crippen molar-refractivity contribution in [1.82, 2.24) is 0 Å². The molecule has 3 nitrogen and oxygen atoms in total. The predicted octanol–water partition coefficient (Wildman–Crippen LogP) is 3.57. The van der Waals surface area contributed by atoms with Gasteiger partial charge in [-0.3, -0.25) is 0 Å². The molecule has 2 rings (SSSR count). The fourth-order valence-corrected chi connectivity index (χ4v) is 4.16. The lowest BCUT2D eigenvalue weighted by Gasteiger charge is -2.09. The molecule has 0 spiro atoms. The van der Waals surface area contributed by atoms with Crippen molar-refractivity contribution in [3.8, 4) is 0 Å². The molecule has 0 aliphatic carbocycles. The SMILES string of the molecule is NCc1ccc(CS(=O)(=O)Cc2ccccc2Cl)c(Cl)c1. The molecule has 0 bridgehead atoms. The van der Waals surface area contributed by atoms with Crippen LogP contribution in [0.15, 0.2) is 42.5 Å². The quantitative estimate of drug-likeness (QED) is 0.902. The van der Waals surface area contributed by atoms with Crippen LogP contribution in [0.2, 0.25) is 10.0 Å². The second-order valence-electron chi connectivity index (χ2n) is 4.75. The molecule has 0 amide bonds. The van der Waals surface area contributed by atoms with E-state index in [-0.39, 0.29) is 11.5 Å². The summed E-state index contributed by atoms with van der Waals surface area (Å²) in [7, 11) is -3.35. The van der Waals surface area contributed by atoms with Crippen LogP contribution in [0.4, 0.5) is 0 Å². The van der Waals surface area contributed by atoms with Crippen molar-refractivity contribution < 1.29 is 8.42 Å². The van der Waals surface area contributed by atoms with E-state index in [1.165, 1.54) is 0 Å². The molecule has 0 saturated carbocycles. The summed E-state index contributed by atoms with van der Waals surface area (Å²) in [6.45, 7) is 0.367. The first-order valence-corrected chi connectivity index (χ1v) is 8.90. The summed E-state index contributed by atoms with van der Waals surface area (Å²) in [6.07, 6.45) is 0. The summed E-state index contributed by atoms with van der Waals surface area (Å²) < 4.78 is 24.6. The first-order valence-electron chi connectivity index (χ1n) is 6.32. The summed E-state index contributed by atoms with van der Waals surface area (Å²) in [5, 5.41) is 0.867. The minimum Gasteiger partial charge on any atom is -0.326 e. The third-order valence-corrected chi connectivity index (χ3v) is 5.28. The maximum absolute atomic E-state index is 12.3. The Labute approximate surface area is 134 Å². The lowest BCUT2D eigenvalue weighted by atomic mass is 10.1. The predicted molar refractivity (Wildman–Crippen MR) is 87.1 cm³/mol. The molecule has 112 valence electrons. The lowest BCUT2D eigenvalue weighted by Crippen LogP contribution is -2.09. The van der Waals surface area contributed by atoms with Gasteiger partial charge in [-0.1, -0.05) is 53.5 Å². The molecule has 0 atom stereocenters. The zero-order chi connectivity index (χ0) is 15.5. The average Bonchev–Trinajstić information content (AvgIpc) is 2.43. The molecule has 2 N–H and O–H groups in total. The van der Waals surface area contributed by atoms with E-state index in [2.05, 4.69) is 0 Å². The Kier molecular flexibility index (Phi) is 5.27. The van der Waals surface area contributed by atoms with Crippen molar-refractivity contribution in [2.24, 2.45) is 5.73 Å². The van der Waals surface area contributed by atoms with Gasteiger partial charge in [0.05, 0.1) is 11.5 Å². The third-order valence-electron chi connectivity index (χ3n) is 3.06. The highest BCUT2D eigenvalue weighted by Gasteiger charge is 2.16. The van der Waals surface area contributed by atoms with Gasteiger partial charge in [0.1, 0.15) is 0 Å². The topological polar surface area (TPSA) is 60.2 Å². The van der Waals surface area contributed by atoms with E-state index in [1.807, 2.05) is 0 Å². The van der Waals surface area contributed by atoms with Gasteiger partial charge in [-0.15, -0.1) is 0 Å². The Hall–Kier alpha value is -1.07. The van der Waals surface area contributed by atoms with Crippen LogP contribution in [0, 0.1) is 0 Å². The van der Waals surface area contributed by atoms with Gasteiger partial charge in [-0.25, -0.2) is 8.42 Å². The van der Waals surface area contributed by atoms with Gasteiger partial charge in [0.25, 0.3) is 0 Å². The van der Waals surface area contributed by atoms with E-state index in [0.29, 0.717) is 27.7 Å². The van der Waals surface area contributed by atoms with E-state index >= 15 is 0 Å². The van der Waals surface area contributed by atoms with Crippen molar-refractivity contribution in [2.45, 2.75) is 18.1 Å². The second-order valence-corrected chi connectivity index (χ2v) is 7.63. The zero-order valence-electron chi connectivity index (χ0n) is 11.2. The molecule has 2 aromatic rings. The minimum atomic E-state index is -3.35. The number of hydrogen-bond donors (Lipinski definition) is 1. The van der Waals surface area contributed by atoms with E-state index in [4.69, 9.17) is 28.9 Å². The second kappa shape index (κ2) is 6.79. The van der Waals surface area contributed by atoms with Crippen LogP contribution in [-0.2, 0) is 27.9 Å². The van der Waals surface area contributed by atoms with Crippen molar-refractivity contribution >= 4 is 33.0 Å². The molecular formula is C15H15Cl2NO2S. The Bertz CT molecular complexity index is 745. The monoisotopic (exact) mass is 343 g/mol. The van der Waals surface area contributed by atoms with Crippen molar-refractivity contribution in [1.29, 1.82) is 0 Å². The highest BCUT2D eigenvalue weighted by atomic mass is 35.5. The molecule has 0 aliphatic heterocycles. The van der Waals surface area contributed by atoms with Gasteiger partial charge in [-0.2, -0.15) is 0 Å². The van der Waals surface area contributed by atoms with Crippen LogP contribution in [-0.4, -0.2) is 8.42 Å². The van der Waals surface area contributed by atoms with Gasteiger partial charge < -0.3 is 5.73 Å². The van der Waals surface area contributed by atoms with Crippen LogP contribution in [0.3, 0.4) is 0 Å². The fourth-order valence-electron chi connectivity index (χ4n) is 1.98. The van der Waals surface area contributed by atoms with Crippen molar-refractivity contribution in [3.63, 3.8) is 0 Å². The van der Waals surface area contributed by atoms with Gasteiger partial charge in [0.15, 0.2) is 9.84 Å². The van der Waals surface area contributed by atoms with Gasteiger partial charge in [-0.05, 0) is 28.8 Å². The number of benzene rings is 2. The Morgan fingerprint density at radius 2 is 1.52 bits per heavy atom. The normalized spacial score (nSPS) is 11.6. The Morgan fingerprint density at radius 3 is 2.10 bits per heavy atom. The summed E-state index contributed by atoms with van der Waals surface area (Å²) in [6, 6.07) is 12.1. The Balaban J connectivity index is 2.20. The molecule has 0 aliphatic rings. The maximum atomic E-state index is 12.3. The van der Waals surface area contributed by atoms with Gasteiger partial charge >= 0.3 is 0 Å². The number of nitrogens with two attached hydrogens (primary N) is 1. The maximum Gasteiger partial charge on any atom is 0.158 e. The standard InChI is InChI=1S/C15H15Cl2NO2S/c16-14-4-2-1-3-12(14)9-21(19,20)10-13-6-5-11(8-18)7-15(13)17/h1-7H,8-10,18H2.